The minimum absolute atomic E-state index is 0.899. The molecule has 0 aliphatic carbocycles. The first kappa shape index (κ1) is 41.6. The number of rotatable bonds is 8. The van der Waals surface area contributed by atoms with Gasteiger partial charge in [0.2, 0.25) is 0 Å². The van der Waals surface area contributed by atoms with Crippen LogP contribution in [0.4, 0.5) is 34.1 Å². The Morgan fingerprint density at radius 3 is 1.04 bits per heavy atom. The lowest BCUT2D eigenvalue weighted by Gasteiger charge is -2.30. The number of aryl methyl sites for hydroxylation is 2. The van der Waals surface area contributed by atoms with Gasteiger partial charge in [-0.1, -0.05) is 170 Å². The quantitative estimate of drug-likeness (QED) is 0.142. The summed E-state index contributed by atoms with van der Waals surface area (Å²) in [6.07, 6.45) is 0. The van der Waals surface area contributed by atoms with Gasteiger partial charge in [-0.25, -0.2) is 0 Å². The number of furan rings is 2. The first-order chi connectivity index (χ1) is 35.5. The van der Waals surface area contributed by atoms with Crippen molar-refractivity contribution in [1.82, 2.24) is 0 Å². The number of hydrogen-bond acceptors (Lipinski definition) is 4. The Balaban J connectivity index is 0.943. The molecule has 340 valence electrons. The van der Waals surface area contributed by atoms with Crippen LogP contribution < -0.4 is 9.80 Å². The molecule has 72 heavy (non-hydrogen) atoms. The summed E-state index contributed by atoms with van der Waals surface area (Å²) in [4.78, 5) is 4.85. The zero-order valence-electron chi connectivity index (χ0n) is 39.8. The standard InChI is InChI=1S/C68H46N2O2/c1-43-15-11-17-49(39-43)69(47-35-31-45(32-36-47)51-25-13-27-59-57-23-7-9-29-65(57)71-67(51)59)63-41-61-54-20-4-6-22-56(54)64(42-62(61)53-19-3-5-21-55(53)63)70(50-18-12-16-44(2)40-50)48-37-33-46(34-38-48)52-26-14-28-60-58-24-8-10-30-66(58)72-68(52)60/h3-42H,1-2H3. The molecule has 0 radical (unpaired) electrons. The van der Waals surface area contributed by atoms with Crippen molar-refractivity contribution in [3.05, 3.63) is 254 Å². The van der Waals surface area contributed by atoms with Crippen molar-refractivity contribution in [3.8, 4) is 22.3 Å². The smallest absolute Gasteiger partial charge is 0.143 e. The SMILES string of the molecule is Cc1cccc(N(c2ccc(-c3cccc4c3oc3ccccc34)cc2)c2cc3c4ccccc4c(N(c4ccc(-c5cccc6c5oc5ccccc56)cc4)c4cccc(C)c4)cc3c3ccccc23)c1. The van der Waals surface area contributed by atoms with E-state index in [-0.39, 0.29) is 0 Å². The summed E-state index contributed by atoms with van der Waals surface area (Å²) in [6.45, 7) is 4.34. The van der Waals surface area contributed by atoms with E-state index in [1.807, 2.05) is 24.3 Å². The highest BCUT2D eigenvalue weighted by molar-refractivity contribution is 6.25. The maximum Gasteiger partial charge on any atom is 0.143 e. The Morgan fingerprint density at radius 2 is 0.625 bits per heavy atom. The molecule has 0 bridgehead atoms. The van der Waals surface area contributed by atoms with Crippen molar-refractivity contribution in [3.63, 3.8) is 0 Å². The van der Waals surface area contributed by atoms with Crippen molar-refractivity contribution >= 4 is 110 Å². The number of benzene rings is 12. The molecule has 0 N–H and O–H groups in total. The Kier molecular flexibility index (Phi) is 9.62. The van der Waals surface area contributed by atoms with E-state index >= 15 is 0 Å². The van der Waals surface area contributed by atoms with Gasteiger partial charge in [0.15, 0.2) is 0 Å². The van der Waals surface area contributed by atoms with Crippen LogP contribution in [0.25, 0.3) is 98.4 Å². The van der Waals surface area contributed by atoms with E-state index in [2.05, 4.69) is 242 Å². The zero-order chi connectivity index (χ0) is 47.9. The van der Waals surface area contributed by atoms with Gasteiger partial charge in [-0.2, -0.15) is 0 Å². The number of fused-ring (bicyclic) bond motifs is 11. The van der Waals surface area contributed by atoms with E-state index < -0.39 is 0 Å². The lowest BCUT2D eigenvalue weighted by atomic mass is 9.93. The Labute approximate surface area is 416 Å². The van der Waals surface area contributed by atoms with E-state index in [1.165, 1.54) is 32.7 Å². The van der Waals surface area contributed by atoms with E-state index in [9.17, 15) is 0 Å². The molecule has 0 unspecified atom stereocenters. The highest BCUT2D eigenvalue weighted by Crippen LogP contribution is 2.49. The molecule has 14 rings (SSSR count). The van der Waals surface area contributed by atoms with Crippen LogP contribution in [0.5, 0.6) is 0 Å². The molecule has 0 spiro atoms. The molecule has 4 heteroatoms. The average molecular weight is 923 g/mol. The molecule has 0 amide bonds. The van der Waals surface area contributed by atoms with E-state index in [4.69, 9.17) is 8.83 Å². The molecule has 4 nitrogen and oxygen atoms in total. The van der Waals surface area contributed by atoms with Crippen molar-refractivity contribution in [1.29, 1.82) is 0 Å². The third kappa shape index (κ3) is 6.75. The molecule has 2 heterocycles. The topological polar surface area (TPSA) is 32.8 Å². The minimum atomic E-state index is 0.899. The molecular formula is C68H46N2O2. The van der Waals surface area contributed by atoms with Crippen LogP contribution in [0.2, 0.25) is 0 Å². The number of anilines is 6. The third-order valence-electron chi connectivity index (χ3n) is 14.5. The van der Waals surface area contributed by atoms with Gasteiger partial charge in [-0.15, -0.1) is 0 Å². The van der Waals surface area contributed by atoms with Gasteiger partial charge in [0, 0.05) is 66.2 Å². The first-order valence-corrected chi connectivity index (χ1v) is 24.6. The highest BCUT2D eigenvalue weighted by Gasteiger charge is 2.23. The number of para-hydroxylation sites is 4. The fraction of sp³-hybridized carbons (Fsp3) is 0.0294. The van der Waals surface area contributed by atoms with E-state index in [1.54, 1.807) is 0 Å². The van der Waals surface area contributed by atoms with Crippen LogP contribution in [-0.4, -0.2) is 0 Å². The van der Waals surface area contributed by atoms with Gasteiger partial charge in [0.05, 0.1) is 11.4 Å². The number of nitrogens with zero attached hydrogens (tertiary/aromatic N) is 2. The van der Waals surface area contributed by atoms with Crippen LogP contribution in [0, 0.1) is 13.8 Å². The second-order valence-electron chi connectivity index (χ2n) is 19.0. The monoisotopic (exact) mass is 922 g/mol. The van der Waals surface area contributed by atoms with Crippen LogP contribution in [-0.2, 0) is 0 Å². The zero-order valence-corrected chi connectivity index (χ0v) is 39.8. The highest BCUT2D eigenvalue weighted by atomic mass is 16.3. The second-order valence-corrected chi connectivity index (χ2v) is 19.0. The fourth-order valence-electron chi connectivity index (χ4n) is 11.2. The lowest BCUT2D eigenvalue weighted by molar-refractivity contribution is 0.669. The van der Waals surface area contributed by atoms with Crippen LogP contribution in [0.15, 0.2) is 251 Å². The van der Waals surface area contributed by atoms with Gasteiger partial charge < -0.3 is 18.6 Å². The largest absolute Gasteiger partial charge is 0.455 e. The summed E-state index contributed by atoms with van der Waals surface area (Å²) >= 11 is 0. The predicted octanol–water partition coefficient (Wildman–Crippen LogP) is 19.8. The summed E-state index contributed by atoms with van der Waals surface area (Å²) in [7, 11) is 0. The molecular weight excluding hydrogens is 877 g/mol. The maximum atomic E-state index is 6.50. The molecule has 12 aromatic carbocycles. The van der Waals surface area contributed by atoms with Crippen LogP contribution in [0.3, 0.4) is 0 Å². The van der Waals surface area contributed by atoms with Crippen LogP contribution >= 0.6 is 0 Å². The Bertz CT molecular complexity index is 4140. The number of hydrogen-bond donors (Lipinski definition) is 0. The molecule has 0 fully saturated rings. The third-order valence-corrected chi connectivity index (χ3v) is 14.5. The van der Waals surface area contributed by atoms with Crippen molar-refractivity contribution in [2.45, 2.75) is 13.8 Å². The second kappa shape index (κ2) is 16.6. The Morgan fingerprint density at radius 1 is 0.264 bits per heavy atom. The Hall–Kier alpha value is -9.38. The average Bonchev–Trinajstić information content (AvgIpc) is 4.01. The molecule has 2 aromatic heterocycles. The van der Waals surface area contributed by atoms with Gasteiger partial charge in [-0.05, 0) is 130 Å². The molecule has 0 atom stereocenters. The van der Waals surface area contributed by atoms with Gasteiger partial charge in [0.1, 0.15) is 22.3 Å². The van der Waals surface area contributed by atoms with Crippen molar-refractivity contribution in [2.75, 3.05) is 9.80 Å². The molecule has 0 saturated heterocycles. The van der Waals surface area contributed by atoms with Gasteiger partial charge in [-0.3, -0.25) is 0 Å². The summed E-state index contributed by atoms with van der Waals surface area (Å²) in [5, 5.41) is 11.6. The van der Waals surface area contributed by atoms with Crippen molar-refractivity contribution < 1.29 is 8.83 Å². The summed E-state index contributed by atoms with van der Waals surface area (Å²) in [6, 6.07) is 87.7. The molecule has 0 saturated carbocycles. The van der Waals surface area contributed by atoms with Gasteiger partial charge in [0.25, 0.3) is 0 Å². The van der Waals surface area contributed by atoms with Crippen molar-refractivity contribution in [2.24, 2.45) is 0 Å². The molecule has 0 aliphatic heterocycles. The summed E-state index contributed by atoms with van der Waals surface area (Å²) in [5.74, 6) is 0. The summed E-state index contributed by atoms with van der Waals surface area (Å²) in [5.41, 5.74) is 16.9. The lowest BCUT2D eigenvalue weighted by Crippen LogP contribution is -2.12. The minimum Gasteiger partial charge on any atom is -0.455 e. The van der Waals surface area contributed by atoms with Crippen LogP contribution in [0.1, 0.15) is 11.1 Å². The molecule has 14 aromatic rings. The molecule has 0 aliphatic rings. The van der Waals surface area contributed by atoms with E-state index in [0.717, 1.165) is 111 Å². The maximum absolute atomic E-state index is 6.50. The summed E-state index contributed by atoms with van der Waals surface area (Å²) < 4.78 is 13.0. The van der Waals surface area contributed by atoms with E-state index in [0.29, 0.717) is 0 Å². The fourth-order valence-corrected chi connectivity index (χ4v) is 11.2. The predicted molar refractivity (Wildman–Crippen MR) is 303 cm³/mol. The normalized spacial score (nSPS) is 11.8. The van der Waals surface area contributed by atoms with Gasteiger partial charge >= 0.3 is 0 Å². The first-order valence-electron chi connectivity index (χ1n) is 24.6.